The highest BCUT2D eigenvalue weighted by Gasteiger charge is 2.50. The lowest BCUT2D eigenvalue weighted by atomic mass is 9.89. The van der Waals surface area contributed by atoms with E-state index in [0.717, 1.165) is 17.1 Å². The normalized spacial score (nSPS) is 18.1. The molecule has 1 aliphatic rings. The summed E-state index contributed by atoms with van der Waals surface area (Å²) in [5.74, 6) is 0.800. The Morgan fingerprint density at radius 1 is 1.14 bits per heavy atom. The molecule has 0 fully saturated rings. The second-order valence-corrected chi connectivity index (χ2v) is 7.04. The number of nitrogens with zero attached hydrogens (tertiary/aromatic N) is 1. The minimum atomic E-state index is -1.79. The second-order valence-electron chi connectivity index (χ2n) is 7.04. The average Bonchev–Trinajstić information content (AvgIpc) is 2.87. The van der Waals surface area contributed by atoms with Crippen LogP contribution in [0.5, 0.6) is 11.5 Å². The van der Waals surface area contributed by atoms with Crippen LogP contribution in [0.15, 0.2) is 42.5 Å². The number of anilines is 1. The van der Waals surface area contributed by atoms with Crippen molar-refractivity contribution in [2.24, 2.45) is 0 Å². The van der Waals surface area contributed by atoms with Crippen molar-refractivity contribution in [2.45, 2.75) is 32.3 Å². The molecule has 28 heavy (non-hydrogen) atoms. The Bertz CT molecular complexity index is 877. The quantitative estimate of drug-likeness (QED) is 0.709. The molecule has 1 aliphatic heterocycles. The predicted octanol–water partition coefficient (Wildman–Crippen LogP) is 2.99. The highest BCUT2D eigenvalue weighted by Crippen LogP contribution is 2.44. The van der Waals surface area contributed by atoms with Crippen LogP contribution in [0.3, 0.4) is 0 Å². The molecule has 0 bridgehead atoms. The Morgan fingerprint density at radius 2 is 1.82 bits per heavy atom. The first kappa shape index (κ1) is 19.9. The van der Waals surface area contributed by atoms with Gasteiger partial charge in [0.1, 0.15) is 17.3 Å². The molecule has 1 atom stereocenters. The lowest BCUT2D eigenvalue weighted by molar-refractivity contribution is -0.141. The fraction of sp³-hybridized carbons (Fsp3) is 0.364. The average molecular weight is 383 g/mol. The molecule has 1 heterocycles. The first-order chi connectivity index (χ1) is 13.4. The number of hydrogen-bond donors (Lipinski definition) is 1. The summed E-state index contributed by atoms with van der Waals surface area (Å²) >= 11 is 0. The molecule has 2 aromatic carbocycles. The minimum Gasteiger partial charge on any atom is -0.497 e. The molecule has 6 nitrogen and oxygen atoms in total. The third-order valence-corrected chi connectivity index (χ3v) is 4.91. The third-order valence-electron chi connectivity index (χ3n) is 4.91. The number of ether oxygens (including phenoxy) is 2. The van der Waals surface area contributed by atoms with Crippen LogP contribution in [0, 0.1) is 6.92 Å². The zero-order valence-electron chi connectivity index (χ0n) is 16.4. The minimum absolute atomic E-state index is 0.221. The van der Waals surface area contributed by atoms with Crippen molar-refractivity contribution in [3.8, 4) is 11.5 Å². The van der Waals surface area contributed by atoms with Gasteiger partial charge in [0.2, 0.25) is 0 Å². The van der Waals surface area contributed by atoms with E-state index in [1.165, 1.54) is 6.92 Å². The van der Waals surface area contributed by atoms with Gasteiger partial charge in [0.05, 0.1) is 19.4 Å². The van der Waals surface area contributed by atoms with Crippen molar-refractivity contribution < 1.29 is 24.2 Å². The Balaban J connectivity index is 1.70. The van der Waals surface area contributed by atoms with E-state index in [1.54, 1.807) is 24.1 Å². The Hall–Kier alpha value is -2.86. The van der Waals surface area contributed by atoms with E-state index in [2.05, 4.69) is 0 Å². The van der Waals surface area contributed by atoms with Gasteiger partial charge >= 0.3 is 0 Å². The lowest BCUT2D eigenvalue weighted by Gasteiger charge is -2.22. The number of aryl methyl sites for hydroxylation is 1. The van der Waals surface area contributed by atoms with E-state index in [1.807, 2.05) is 37.3 Å². The maximum Gasteiger partial charge on any atom is 0.264 e. The van der Waals surface area contributed by atoms with E-state index in [-0.39, 0.29) is 12.2 Å². The lowest BCUT2D eigenvalue weighted by Crippen LogP contribution is -2.42. The standard InChI is InChI=1S/C22H25NO5/c1-15-6-4-7-19-20(15)23(21(25)22(19,26)14-16(2)24)12-5-13-28-18-10-8-17(27-3)9-11-18/h4,6-11,26H,5,12-14H2,1-3H3/t22-/m1/s1. The van der Waals surface area contributed by atoms with Gasteiger partial charge in [0, 0.05) is 18.5 Å². The van der Waals surface area contributed by atoms with Crippen molar-refractivity contribution >= 4 is 17.4 Å². The Kier molecular flexibility index (Phi) is 5.70. The number of Topliss-reactive ketones (excluding diaryl/α,β-unsaturated/α-hetero) is 1. The molecule has 0 spiro atoms. The topological polar surface area (TPSA) is 76.1 Å². The van der Waals surface area contributed by atoms with Gasteiger partial charge in [-0.1, -0.05) is 18.2 Å². The van der Waals surface area contributed by atoms with Crippen LogP contribution in [-0.4, -0.2) is 37.1 Å². The molecule has 0 saturated heterocycles. The SMILES string of the molecule is COc1ccc(OCCCN2C(=O)[C@@](O)(CC(C)=O)c3cccc(C)c32)cc1. The van der Waals surface area contributed by atoms with Crippen molar-refractivity contribution in [1.82, 2.24) is 0 Å². The van der Waals surface area contributed by atoms with E-state index >= 15 is 0 Å². The molecule has 0 aromatic heterocycles. The van der Waals surface area contributed by atoms with Crippen LogP contribution in [0.25, 0.3) is 0 Å². The Labute approximate surface area is 164 Å². The summed E-state index contributed by atoms with van der Waals surface area (Å²) in [5, 5.41) is 11.0. The van der Waals surface area contributed by atoms with Gasteiger partial charge in [0.15, 0.2) is 5.60 Å². The monoisotopic (exact) mass is 383 g/mol. The third kappa shape index (κ3) is 3.73. The summed E-state index contributed by atoms with van der Waals surface area (Å²) in [6.07, 6.45) is 0.364. The molecule has 3 rings (SSSR count). The molecule has 1 N–H and O–H groups in total. The van der Waals surface area contributed by atoms with Gasteiger partial charge < -0.3 is 19.5 Å². The largest absolute Gasteiger partial charge is 0.497 e. The second kappa shape index (κ2) is 8.02. The number of amides is 1. The number of fused-ring (bicyclic) bond motifs is 1. The summed E-state index contributed by atoms with van der Waals surface area (Å²) in [6.45, 7) is 4.09. The van der Waals surface area contributed by atoms with E-state index < -0.39 is 11.5 Å². The first-order valence-electron chi connectivity index (χ1n) is 9.27. The van der Waals surface area contributed by atoms with Crippen LogP contribution < -0.4 is 14.4 Å². The van der Waals surface area contributed by atoms with Crippen LogP contribution >= 0.6 is 0 Å². The highest BCUT2D eigenvalue weighted by molar-refractivity contribution is 6.09. The van der Waals surface area contributed by atoms with E-state index in [9.17, 15) is 14.7 Å². The number of methoxy groups -OCH3 is 1. The number of carbonyl (C=O) groups excluding carboxylic acids is 2. The summed E-state index contributed by atoms with van der Waals surface area (Å²) in [7, 11) is 1.61. The molecule has 148 valence electrons. The smallest absolute Gasteiger partial charge is 0.264 e. The predicted molar refractivity (Wildman–Crippen MR) is 106 cm³/mol. The van der Waals surface area contributed by atoms with Crippen molar-refractivity contribution in [2.75, 3.05) is 25.2 Å². The van der Waals surface area contributed by atoms with Gasteiger partial charge in [-0.05, 0) is 50.1 Å². The molecular formula is C22H25NO5. The summed E-state index contributed by atoms with van der Waals surface area (Å²) < 4.78 is 10.8. The fourth-order valence-electron chi connectivity index (χ4n) is 3.62. The van der Waals surface area contributed by atoms with Crippen molar-refractivity contribution in [3.63, 3.8) is 0 Å². The zero-order valence-corrected chi connectivity index (χ0v) is 16.4. The molecule has 6 heteroatoms. The highest BCUT2D eigenvalue weighted by atomic mass is 16.5. The van der Waals surface area contributed by atoms with Crippen molar-refractivity contribution in [1.29, 1.82) is 0 Å². The number of carbonyl (C=O) groups is 2. The maximum absolute atomic E-state index is 13.0. The molecule has 2 aromatic rings. The number of hydrogen-bond acceptors (Lipinski definition) is 5. The number of aliphatic hydroxyl groups is 1. The number of benzene rings is 2. The van der Waals surface area contributed by atoms with Crippen LogP contribution in [-0.2, 0) is 15.2 Å². The van der Waals surface area contributed by atoms with Gasteiger partial charge in [-0.2, -0.15) is 0 Å². The van der Waals surface area contributed by atoms with E-state index in [0.29, 0.717) is 30.8 Å². The summed E-state index contributed by atoms with van der Waals surface area (Å²) in [4.78, 5) is 26.2. The molecular weight excluding hydrogens is 358 g/mol. The molecule has 0 unspecified atom stereocenters. The van der Waals surface area contributed by atoms with Crippen LogP contribution in [0.1, 0.15) is 30.9 Å². The number of rotatable bonds is 8. The van der Waals surface area contributed by atoms with Gasteiger partial charge in [-0.15, -0.1) is 0 Å². The van der Waals surface area contributed by atoms with Gasteiger partial charge in [-0.3, -0.25) is 9.59 Å². The van der Waals surface area contributed by atoms with E-state index in [4.69, 9.17) is 9.47 Å². The maximum atomic E-state index is 13.0. The Morgan fingerprint density at radius 3 is 2.46 bits per heavy atom. The zero-order chi connectivity index (χ0) is 20.3. The summed E-state index contributed by atoms with van der Waals surface area (Å²) in [5.41, 5.74) is 0.301. The van der Waals surface area contributed by atoms with Crippen molar-refractivity contribution in [3.05, 3.63) is 53.6 Å². The molecule has 1 amide bonds. The van der Waals surface area contributed by atoms with Crippen LogP contribution in [0.2, 0.25) is 0 Å². The number of ketones is 1. The van der Waals surface area contributed by atoms with Crippen LogP contribution in [0.4, 0.5) is 5.69 Å². The number of para-hydroxylation sites is 1. The molecule has 0 aliphatic carbocycles. The molecule has 0 radical (unpaired) electrons. The van der Waals surface area contributed by atoms with Gasteiger partial charge in [-0.25, -0.2) is 0 Å². The molecule has 0 saturated carbocycles. The van der Waals surface area contributed by atoms with Gasteiger partial charge in [0.25, 0.3) is 5.91 Å². The first-order valence-corrected chi connectivity index (χ1v) is 9.27. The fourth-order valence-corrected chi connectivity index (χ4v) is 3.62. The summed E-state index contributed by atoms with van der Waals surface area (Å²) in [6, 6.07) is 12.7.